The van der Waals surface area contributed by atoms with Crippen LogP contribution in [0.1, 0.15) is 0 Å². The summed E-state index contributed by atoms with van der Waals surface area (Å²) in [6.45, 7) is 1.95. The number of benzene rings is 2. The first-order chi connectivity index (χ1) is 13.3. The lowest BCUT2D eigenvalue weighted by Gasteiger charge is -2.31. The van der Waals surface area contributed by atoms with Gasteiger partial charge in [-0.25, -0.2) is 8.42 Å². The van der Waals surface area contributed by atoms with E-state index in [4.69, 9.17) is 34.8 Å². The van der Waals surface area contributed by atoms with Gasteiger partial charge in [-0.05, 0) is 24.3 Å². The van der Waals surface area contributed by atoms with Crippen LogP contribution in [0.4, 0.5) is 5.69 Å². The van der Waals surface area contributed by atoms with E-state index >= 15 is 0 Å². The number of nitrogens with zero attached hydrogens (tertiary/aromatic N) is 1. The van der Waals surface area contributed by atoms with Gasteiger partial charge in [0, 0.05) is 5.02 Å². The molecule has 6 nitrogen and oxygen atoms in total. The van der Waals surface area contributed by atoms with Gasteiger partial charge in [-0.3, -0.25) is 4.79 Å². The zero-order chi connectivity index (χ0) is 20.3. The van der Waals surface area contributed by atoms with Gasteiger partial charge >= 0.3 is 0 Å². The Kier molecular flexibility index (Phi) is 6.85. The molecule has 28 heavy (non-hydrogen) atoms. The Labute approximate surface area is 179 Å². The number of hydrogen-bond donors (Lipinski definition) is 2. The number of hydrogen-bond acceptors (Lipinski definition) is 3. The fraction of sp³-hybridized carbons (Fsp3) is 0.278. The molecule has 0 saturated carbocycles. The zero-order valence-corrected chi connectivity index (χ0v) is 17.9. The van der Waals surface area contributed by atoms with E-state index in [1.54, 1.807) is 30.3 Å². The third-order valence-electron chi connectivity index (χ3n) is 4.49. The van der Waals surface area contributed by atoms with Gasteiger partial charge in [0.2, 0.25) is 10.0 Å². The van der Waals surface area contributed by atoms with E-state index in [9.17, 15) is 13.2 Å². The highest BCUT2D eigenvalue weighted by Gasteiger charge is 2.31. The average molecular weight is 464 g/mol. The van der Waals surface area contributed by atoms with Crippen LogP contribution in [0.3, 0.4) is 0 Å². The minimum atomic E-state index is -3.51. The van der Waals surface area contributed by atoms with Crippen molar-refractivity contribution in [3.8, 4) is 0 Å². The van der Waals surface area contributed by atoms with Crippen LogP contribution in [0.25, 0.3) is 0 Å². The van der Waals surface area contributed by atoms with Crippen LogP contribution in [-0.4, -0.2) is 51.4 Å². The van der Waals surface area contributed by atoms with E-state index in [0.717, 1.165) is 4.90 Å². The molecule has 1 aliphatic rings. The van der Waals surface area contributed by atoms with E-state index in [1.807, 2.05) is 0 Å². The first-order valence-electron chi connectivity index (χ1n) is 8.60. The van der Waals surface area contributed by atoms with Crippen LogP contribution in [0.5, 0.6) is 0 Å². The third kappa shape index (κ3) is 4.97. The number of rotatable bonds is 5. The van der Waals surface area contributed by atoms with Crippen LogP contribution in [0.2, 0.25) is 15.1 Å². The molecule has 0 radical (unpaired) electrons. The largest absolute Gasteiger partial charge is 0.325 e. The maximum absolute atomic E-state index is 12.7. The van der Waals surface area contributed by atoms with Gasteiger partial charge in [0.15, 0.2) is 6.54 Å². The lowest BCUT2D eigenvalue weighted by atomic mass is 10.3. The molecule has 0 spiro atoms. The summed E-state index contributed by atoms with van der Waals surface area (Å²) in [7, 11) is -3.51. The molecule has 0 aromatic heterocycles. The van der Waals surface area contributed by atoms with Crippen LogP contribution in [0.15, 0.2) is 47.4 Å². The molecule has 1 heterocycles. The monoisotopic (exact) mass is 462 g/mol. The Morgan fingerprint density at radius 1 is 1.04 bits per heavy atom. The van der Waals surface area contributed by atoms with Gasteiger partial charge in [0.1, 0.15) is 0 Å². The van der Waals surface area contributed by atoms with Gasteiger partial charge in [-0.15, -0.1) is 0 Å². The highest BCUT2D eigenvalue weighted by molar-refractivity contribution is 7.89. The van der Waals surface area contributed by atoms with Gasteiger partial charge < -0.3 is 10.2 Å². The summed E-state index contributed by atoms with van der Waals surface area (Å²) in [4.78, 5) is 13.6. The van der Waals surface area contributed by atoms with Crippen molar-refractivity contribution in [3.05, 3.63) is 57.5 Å². The topological polar surface area (TPSA) is 70.9 Å². The maximum Gasteiger partial charge on any atom is 0.279 e. The molecule has 2 aromatic carbocycles. The normalized spacial score (nSPS) is 16.1. The molecule has 1 fully saturated rings. The number of carbonyl (C=O) groups is 1. The lowest BCUT2D eigenvalue weighted by Crippen LogP contribution is -3.15. The van der Waals surface area contributed by atoms with Crippen molar-refractivity contribution in [2.75, 3.05) is 38.0 Å². The minimum absolute atomic E-state index is 0.189. The molecule has 10 heteroatoms. The van der Waals surface area contributed by atoms with E-state index in [0.29, 0.717) is 36.9 Å². The number of carbonyl (C=O) groups excluding carboxylic acids is 1. The predicted molar refractivity (Wildman–Crippen MR) is 111 cm³/mol. The highest BCUT2D eigenvalue weighted by Crippen LogP contribution is 2.33. The smallest absolute Gasteiger partial charge is 0.279 e. The number of anilines is 1. The summed E-state index contributed by atoms with van der Waals surface area (Å²) in [5.74, 6) is -0.250. The summed E-state index contributed by atoms with van der Waals surface area (Å²) in [6.07, 6.45) is 0. The summed E-state index contributed by atoms with van der Waals surface area (Å²) in [6, 6.07) is 11.4. The Balaban J connectivity index is 1.57. The zero-order valence-electron chi connectivity index (χ0n) is 14.8. The maximum atomic E-state index is 12.7. The van der Waals surface area contributed by atoms with Gasteiger partial charge in [-0.2, -0.15) is 4.31 Å². The van der Waals surface area contributed by atoms with Crippen LogP contribution < -0.4 is 10.2 Å². The first-order valence-corrected chi connectivity index (χ1v) is 11.2. The van der Waals surface area contributed by atoms with Crippen molar-refractivity contribution < 1.29 is 18.1 Å². The number of sulfonamides is 1. The van der Waals surface area contributed by atoms with Crippen LogP contribution in [0, 0.1) is 0 Å². The van der Waals surface area contributed by atoms with Crippen molar-refractivity contribution in [2.24, 2.45) is 0 Å². The highest BCUT2D eigenvalue weighted by atomic mass is 35.5. The lowest BCUT2D eigenvalue weighted by molar-refractivity contribution is -0.895. The molecule has 2 N–H and O–H groups in total. The van der Waals surface area contributed by atoms with E-state index in [2.05, 4.69) is 5.32 Å². The Morgan fingerprint density at radius 3 is 2.18 bits per heavy atom. The Hall–Kier alpha value is -1.35. The first kappa shape index (κ1) is 21.4. The second kappa shape index (κ2) is 8.98. The second-order valence-electron chi connectivity index (χ2n) is 6.44. The molecule has 1 amide bonds. The van der Waals surface area contributed by atoms with Crippen LogP contribution >= 0.6 is 34.8 Å². The predicted octanol–water partition coefficient (Wildman–Crippen LogP) is 2.17. The minimum Gasteiger partial charge on any atom is -0.325 e. The molecule has 0 aliphatic carbocycles. The van der Waals surface area contributed by atoms with Gasteiger partial charge in [0.05, 0.1) is 46.8 Å². The number of piperazine rings is 1. The summed E-state index contributed by atoms with van der Waals surface area (Å²) >= 11 is 18.0. The molecular weight excluding hydrogens is 445 g/mol. The average Bonchev–Trinajstić information content (AvgIpc) is 2.66. The number of halogens is 3. The number of quaternary nitrogens is 1. The van der Waals surface area contributed by atoms with Crippen molar-refractivity contribution in [2.45, 2.75) is 4.90 Å². The second-order valence-corrected chi connectivity index (χ2v) is 9.63. The summed E-state index contributed by atoms with van der Waals surface area (Å²) in [5.41, 5.74) is 0.322. The Morgan fingerprint density at radius 2 is 1.61 bits per heavy atom. The van der Waals surface area contributed by atoms with Crippen molar-refractivity contribution in [1.82, 2.24) is 4.31 Å². The molecule has 0 unspecified atom stereocenters. The molecule has 150 valence electrons. The molecule has 3 rings (SSSR count). The molecular formula is C18H19Cl3N3O3S+. The number of amides is 1. The van der Waals surface area contributed by atoms with E-state index in [1.165, 1.54) is 16.4 Å². The van der Waals surface area contributed by atoms with Crippen LogP contribution in [-0.2, 0) is 14.8 Å². The standard InChI is InChI=1S/C18H18Cl3N3O3S/c19-13-10-15(20)18(16(21)11-13)22-17(25)12-23-6-8-24(9-7-23)28(26,27)14-4-2-1-3-5-14/h1-5,10-11H,6-9,12H2,(H,22,25)/p+1. The molecule has 1 aliphatic heterocycles. The Bertz CT molecular complexity index is 940. The van der Waals surface area contributed by atoms with Gasteiger partial charge in [-0.1, -0.05) is 53.0 Å². The SMILES string of the molecule is O=C(C[NH+]1CCN(S(=O)(=O)c2ccccc2)CC1)Nc1c(Cl)cc(Cl)cc1Cl. The molecule has 0 bridgehead atoms. The third-order valence-corrected chi connectivity index (χ3v) is 7.22. The van der Waals surface area contributed by atoms with E-state index < -0.39 is 10.0 Å². The number of nitrogens with one attached hydrogen (secondary N) is 2. The van der Waals surface area contributed by atoms with Crippen molar-refractivity contribution in [3.63, 3.8) is 0 Å². The summed E-state index contributed by atoms with van der Waals surface area (Å²) < 4.78 is 26.8. The van der Waals surface area contributed by atoms with Crippen molar-refractivity contribution >= 4 is 56.4 Å². The molecule has 0 atom stereocenters. The van der Waals surface area contributed by atoms with E-state index in [-0.39, 0.29) is 27.4 Å². The van der Waals surface area contributed by atoms with Crippen molar-refractivity contribution in [1.29, 1.82) is 0 Å². The molecule has 2 aromatic rings. The summed E-state index contributed by atoms with van der Waals surface area (Å²) in [5, 5.41) is 3.62. The fourth-order valence-corrected chi connectivity index (χ4v) is 5.41. The van der Waals surface area contributed by atoms with Gasteiger partial charge in [0.25, 0.3) is 5.91 Å². The molecule has 1 saturated heterocycles. The quantitative estimate of drug-likeness (QED) is 0.714. The fourth-order valence-electron chi connectivity index (χ4n) is 3.03.